The Hall–Kier alpha value is -3.21. The Balaban J connectivity index is 1.80. The van der Waals surface area contributed by atoms with E-state index in [0.29, 0.717) is 11.4 Å². The quantitative estimate of drug-likeness (QED) is 0.718. The number of anilines is 3. The van der Waals surface area contributed by atoms with Crippen LogP contribution in [0, 0.1) is 19.7 Å². The molecule has 0 spiro atoms. The molecule has 25 heavy (non-hydrogen) atoms. The molecule has 0 radical (unpaired) electrons. The number of hydrogen-bond donors (Lipinski definition) is 2. The van der Waals surface area contributed by atoms with Gasteiger partial charge >= 0.3 is 0 Å². The van der Waals surface area contributed by atoms with E-state index in [2.05, 4.69) is 15.6 Å². The average Bonchev–Trinajstić information content (AvgIpc) is 2.61. The van der Waals surface area contributed by atoms with Gasteiger partial charge in [-0.3, -0.25) is 9.78 Å². The van der Waals surface area contributed by atoms with Gasteiger partial charge in [0.2, 0.25) is 0 Å². The predicted molar refractivity (Wildman–Crippen MR) is 97.8 cm³/mol. The Morgan fingerprint density at radius 1 is 1.00 bits per heavy atom. The summed E-state index contributed by atoms with van der Waals surface area (Å²) in [5.41, 5.74) is 4.04. The van der Waals surface area contributed by atoms with Crippen molar-refractivity contribution in [3.8, 4) is 0 Å². The zero-order valence-electron chi connectivity index (χ0n) is 14.0. The summed E-state index contributed by atoms with van der Waals surface area (Å²) in [6.07, 6.45) is 1.52. The number of hydrogen-bond acceptors (Lipinski definition) is 3. The maximum atomic E-state index is 13.7. The molecule has 0 saturated carbocycles. The third kappa shape index (κ3) is 3.83. The van der Waals surface area contributed by atoms with Gasteiger partial charge < -0.3 is 10.6 Å². The van der Waals surface area contributed by atoms with Gasteiger partial charge in [0.25, 0.3) is 5.91 Å². The molecule has 5 heteroatoms. The molecule has 0 aliphatic rings. The fraction of sp³-hybridized carbons (Fsp3) is 0.100. The van der Waals surface area contributed by atoms with Gasteiger partial charge in [0.1, 0.15) is 11.5 Å². The molecule has 2 aromatic carbocycles. The fourth-order valence-electron chi connectivity index (χ4n) is 2.42. The van der Waals surface area contributed by atoms with Gasteiger partial charge in [0.15, 0.2) is 0 Å². The minimum absolute atomic E-state index is 0.252. The van der Waals surface area contributed by atoms with E-state index in [1.807, 2.05) is 32.0 Å². The summed E-state index contributed by atoms with van der Waals surface area (Å²) in [6, 6.07) is 15.4. The van der Waals surface area contributed by atoms with E-state index in [1.165, 1.54) is 12.3 Å². The molecule has 3 rings (SSSR count). The third-order valence-electron chi connectivity index (χ3n) is 4.00. The molecule has 3 aromatic rings. The zero-order valence-corrected chi connectivity index (χ0v) is 14.0. The van der Waals surface area contributed by atoms with Crippen LogP contribution in [0.2, 0.25) is 0 Å². The maximum Gasteiger partial charge on any atom is 0.274 e. The normalized spacial score (nSPS) is 10.4. The molecule has 2 N–H and O–H groups in total. The molecule has 0 aliphatic carbocycles. The van der Waals surface area contributed by atoms with Crippen molar-refractivity contribution in [2.75, 3.05) is 10.6 Å². The van der Waals surface area contributed by atoms with Crippen molar-refractivity contribution < 1.29 is 9.18 Å². The number of benzene rings is 2. The molecule has 4 nitrogen and oxygen atoms in total. The number of pyridine rings is 1. The van der Waals surface area contributed by atoms with Crippen molar-refractivity contribution in [2.24, 2.45) is 0 Å². The van der Waals surface area contributed by atoms with Gasteiger partial charge in [-0.1, -0.05) is 24.3 Å². The zero-order chi connectivity index (χ0) is 17.8. The van der Waals surface area contributed by atoms with Gasteiger partial charge in [0.05, 0.1) is 5.69 Å². The number of nitrogens with one attached hydrogen (secondary N) is 2. The minimum Gasteiger partial charge on any atom is -0.353 e. The number of carbonyl (C=O) groups is 1. The maximum absolute atomic E-state index is 13.7. The first-order valence-corrected chi connectivity index (χ1v) is 7.90. The highest BCUT2D eigenvalue weighted by molar-refractivity contribution is 6.03. The number of aromatic nitrogens is 1. The van der Waals surface area contributed by atoms with Crippen LogP contribution < -0.4 is 10.6 Å². The second kappa shape index (κ2) is 7.13. The number of halogens is 1. The van der Waals surface area contributed by atoms with Gasteiger partial charge in [-0.05, 0) is 55.3 Å². The predicted octanol–water partition coefficient (Wildman–Crippen LogP) is 4.83. The molecule has 1 heterocycles. The average molecular weight is 335 g/mol. The Labute approximate surface area is 145 Å². The van der Waals surface area contributed by atoms with Crippen LogP contribution in [0.5, 0.6) is 0 Å². The standard InChI is InChI=1S/C20H18FN3O/c1-13-6-5-9-17(14(13)2)24-20(25)19-12-15(10-11-22-19)23-18-8-4-3-7-16(18)21/h3-12H,1-2H3,(H,22,23)(H,24,25). The summed E-state index contributed by atoms with van der Waals surface area (Å²) in [4.78, 5) is 16.6. The lowest BCUT2D eigenvalue weighted by molar-refractivity contribution is 0.102. The summed E-state index contributed by atoms with van der Waals surface area (Å²) < 4.78 is 13.7. The number of para-hydroxylation sites is 1. The first-order chi connectivity index (χ1) is 12.0. The monoisotopic (exact) mass is 335 g/mol. The van der Waals surface area contributed by atoms with Crippen LogP contribution in [-0.4, -0.2) is 10.9 Å². The second-order valence-corrected chi connectivity index (χ2v) is 5.74. The molecule has 1 amide bonds. The van der Waals surface area contributed by atoms with E-state index >= 15 is 0 Å². The lowest BCUT2D eigenvalue weighted by Gasteiger charge is -2.11. The summed E-state index contributed by atoms with van der Waals surface area (Å²) in [5.74, 6) is -0.674. The Kier molecular flexibility index (Phi) is 4.75. The van der Waals surface area contributed by atoms with Crippen molar-refractivity contribution in [3.05, 3.63) is 83.4 Å². The van der Waals surface area contributed by atoms with Gasteiger partial charge in [0, 0.05) is 17.6 Å². The van der Waals surface area contributed by atoms with E-state index in [4.69, 9.17) is 0 Å². The van der Waals surface area contributed by atoms with Crippen LogP contribution in [0.4, 0.5) is 21.5 Å². The van der Waals surface area contributed by atoms with Crippen molar-refractivity contribution >= 4 is 23.0 Å². The molecule has 1 aromatic heterocycles. The highest BCUT2D eigenvalue weighted by atomic mass is 19.1. The van der Waals surface area contributed by atoms with Gasteiger partial charge in [-0.2, -0.15) is 0 Å². The van der Waals surface area contributed by atoms with Crippen LogP contribution >= 0.6 is 0 Å². The SMILES string of the molecule is Cc1cccc(NC(=O)c2cc(Nc3ccccc3F)ccn2)c1C. The fourth-order valence-corrected chi connectivity index (χ4v) is 2.42. The third-order valence-corrected chi connectivity index (χ3v) is 4.00. The lowest BCUT2D eigenvalue weighted by atomic mass is 10.1. The Morgan fingerprint density at radius 2 is 1.76 bits per heavy atom. The van der Waals surface area contributed by atoms with E-state index in [0.717, 1.165) is 16.8 Å². The Bertz CT molecular complexity index is 924. The molecule has 0 atom stereocenters. The van der Waals surface area contributed by atoms with Crippen LogP contribution in [0.3, 0.4) is 0 Å². The molecular formula is C20H18FN3O. The molecule has 0 bridgehead atoms. The first-order valence-electron chi connectivity index (χ1n) is 7.90. The molecule has 126 valence electrons. The van der Waals surface area contributed by atoms with Crippen LogP contribution in [0.25, 0.3) is 0 Å². The number of rotatable bonds is 4. The number of amides is 1. The number of nitrogens with zero attached hydrogens (tertiary/aromatic N) is 1. The highest BCUT2D eigenvalue weighted by Crippen LogP contribution is 2.21. The van der Waals surface area contributed by atoms with E-state index in [9.17, 15) is 9.18 Å². The van der Waals surface area contributed by atoms with Gasteiger partial charge in [-0.15, -0.1) is 0 Å². The summed E-state index contributed by atoms with van der Waals surface area (Å²) in [5, 5.41) is 5.82. The minimum atomic E-state index is -0.360. The first kappa shape index (κ1) is 16.6. The van der Waals surface area contributed by atoms with Crippen molar-refractivity contribution in [2.45, 2.75) is 13.8 Å². The van der Waals surface area contributed by atoms with Crippen LogP contribution in [-0.2, 0) is 0 Å². The largest absolute Gasteiger partial charge is 0.353 e. The topological polar surface area (TPSA) is 54.0 Å². The molecule has 0 saturated heterocycles. The molecule has 0 aliphatic heterocycles. The van der Waals surface area contributed by atoms with Crippen molar-refractivity contribution in [1.82, 2.24) is 4.98 Å². The van der Waals surface area contributed by atoms with Gasteiger partial charge in [-0.25, -0.2) is 4.39 Å². The van der Waals surface area contributed by atoms with Crippen molar-refractivity contribution in [1.29, 1.82) is 0 Å². The lowest BCUT2D eigenvalue weighted by Crippen LogP contribution is -2.14. The molecule has 0 fully saturated rings. The summed E-state index contributed by atoms with van der Waals surface area (Å²) in [6.45, 7) is 3.94. The summed E-state index contributed by atoms with van der Waals surface area (Å²) >= 11 is 0. The molecule has 0 unspecified atom stereocenters. The number of carbonyl (C=O) groups excluding carboxylic acids is 1. The summed E-state index contributed by atoms with van der Waals surface area (Å²) in [7, 11) is 0. The Morgan fingerprint density at radius 3 is 2.56 bits per heavy atom. The van der Waals surface area contributed by atoms with Crippen LogP contribution in [0.1, 0.15) is 21.6 Å². The van der Waals surface area contributed by atoms with E-state index in [-0.39, 0.29) is 17.4 Å². The van der Waals surface area contributed by atoms with Crippen molar-refractivity contribution in [3.63, 3.8) is 0 Å². The van der Waals surface area contributed by atoms with Crippen LogP contribution in [0.15, 0.2) is 60.8 Å². The highest BCUT2D eigenvalue weighted by Gasteiger charge is 2.11. The smallest absolute Gasteiger partial charge is 0.274 e. The number of aryl methyl sites for hydroxylation is 1. The second-order valence-electron chi connectivity index (χ2n) is 5.74. The van der Waals surface area contributed by atoms with E-state index in [1.54, 1.807) is 30.3 Å². The van der Waals surface area contributed by atoms with E-state index < -0.39 is 0 Å². The molecular weight excluding hydrogens is 317 g/mol.